The lowest BCUT2D eigenvalue weighted by molar-refractivity contribution is -0.0112. The highest BCUT2D eigenvalue weighted by molar-refractivity contribution is 7.95. The molecule has 144 valence electrons. The summed E-state index contributed by atoms with van der Waals surface area (Å²) in [6, 6.07) is 6.77. The van der Waals surface area contributed by atoms with Gasteiger partial charge in [0.2, 0.25) is 4.90 Å². The highest BCUT2D eigenvalue weighted by atomic mass is 32.3. The van der Waals surface area contributed by atoms with E-state index in [0.717, 1.165) is 0 Å². The number of benzene rings is 1. The van der Waals surface area contributed by atoms with Crippen molar-refractivity contribution in [1.82, 2.24) is 14.6 Å². The molecule has 27 heavy (non-hydrogen) atoms. The van der Waals surface area contributed by atoms with Crippen LogP contribution in [0.2, 0.25) is 0 Å². The normalized spacial score (nSPS) is 28.4. The Bertz CT molecular complexity index is 893. The predicted molar refractivity (Wildman–Crippen MR) is 93.6 cm³/mol. The van der Waals surface area contributed by atoms with E-state index in [4.69, 9.17) is 4.74 Å². The molecule has 3 heterocycles. The predicted octanol–water partition coefficient (Wildman–Crippen LogP) is 2.28. The van der Waals surface area contributed by atoms with Gasteiger partial charge < -0.3 is 9.29 Å². The molecule has 0 amide bonds. The summed E-state index contributed by atoms with van der Waals surface area (Å²) in [5.74, 6) is -1.13. The third-order valence-corrected chi connectivity index (χ3v) is 6.40. The molecule has 2 aliphatic rings. The first-order chi connectivity index (χ1) is 12.9. The molecule has 1 fully saturated rings. The number of likely N-dealkylation sites (tertiary alicyclic amines) is 1. The number of sulfonamides is 1. The van der Waals surface area contributed by atoms with E-state index in [1.54, 1.807) is 0 Å². The van der Waals surface area contributed by atoms with Crippen LogP contribution in [0.25, 0.3) is 0 Å². The smallest absolute Gasteiger partial charge is 0.272 e. The molecule has 4 rings (SSSR count). The van der Waals surface area contributed by atoms with Crippen molar-refractivity contribution in [3.63, 3.8) is 0 Å². The first-order valence-electron chi connectivity index (χ1n) is 8.68. The van der Waals surface area contributed by atoms with Gasteiger partial charge in [0.15, 0.2) is 10.4 Å². The molecular formula is C18H19F2N3O3S. The number of piperidine rings is 1. The second-order valence-corrected chi connectivity index (χ2v) is 8.67. The van der Waals surface area contributed by atoms with Crippen LogP contribution in [-0.2, 0) is 21.2 Å². The number of hydrogen-bond acceptors (Lipinski definition) is 5. The number of hydrogen-bond donors (Lipinski definition) is 1. The van der Waals surface area contributed by atoms with Crippen LogP contribution in [0, 0.1) is 11.6 Å². The number of aromatic nitrogens is 1. The maximum atomic E-state index is 14.0. The van der Waals surface area contributed by atoms with Crippen molar-refractivity contribution in [2.75, 3.05) is 19.6 Å². The van der Waals surface area contributed by atoms with Crippen LogP contribution in [0.5, 0.6) is 5.88 Å². The van der Waals surface area contributed by atoms with Crippen LogP contribution >= 0.6 is 0 Å². The van der Waals surface area contributed by atoms with E-state index in [0.29, 0.717) is 25.9 Å². The van der Waals surface area contributed by atoms with Gasteiger partial charge in [-0.2, -0.15) is 0 Å². The molecule has 6 nitrogen and oxygen atoms in total. The molecule has 0 radical (unpaired) electrons. The lowest BCUT2D eigenvalue weighted by Crippen LogP contribution is -2.56. The summed E-state index contributed by atoms with van der Waals surface area (Å²) in [6.07, 6.45) is 2.80. The fraction of sp³-hybridized carbons (Fsp3) is 0.389. The molecule has 1 saturated heterocycles. The zero-order valence-electron chi connectivity index (χ0n) is 14.5. The van der Waals surface area contributed by atoms with Crippen LogP contribution in [0.1, 0.15) is 18.4 Å². The van der Waals surface area contributed by atoms with Gasteiger partial charge in [-0.1, -0.05) is 10.3 Å². The lowest BCUT2D eigenvalue weighted by atomic mass is 9.92. The maximum Gasteiger partial charge on any atom is 0.272 e. The molecular weight excluding hydrogens is 376 g/mol. The van der Waals surface area contributed by atoms with E-state index in [2.05, 4.69) is 9.71 Å². The molecule has 1 aromatic carbocycles. The van der Waals surface area contributed by atoms with Crippen molar-refractivity contribution in [2.24, 2.45) is 0 Å². The number of pyridine rings is 1. The lowest BCUT2D eigenvalue weighted by Gasteiger charge is -2.41. The number of fused-ring (bicyclic) bond motifs is 1. The number of nitrogens with one attached hydrogen (secondary N) is 1. The van der Waals surface area contributed by atoms with Gasteiger partial charge in [0, 0.05) is 30.9 Å². The van der Waals surface area contributed by atoms with E-state index >= 15 is 0 Å². The van der Waals surface area contributed by atoms with Crippen molar-refractivity contribution in [1.29, 1.82) is 0 Å². The summed E-state index contributed by atoms with van der Waals surface area (Å²) in [6.45, 7) is 1.13. The highest BCUT2D eigenvalue weighted by Gasteiger charge is 2.45. The van der Waals surface area contributed by atoms with E-state index in [1.807, 2.05) is 4.90 Å². The van der Waals surface area contributed by atoms with Crippen molar-refractivity contribution < 1.29 is 22.3 Å². The maximum absolute atomic E-state index is 14.0. The first kappa shape index (κ1) is 18.4. The summed E-state index contributed by atoms with van der Waals surface area (Å²) >= 11 is 0. The fourth-order valence-electron chi connectivity index (χ4n) is 3.66. The molecule has 0 bridgehead atoms. The van der Waals surface area contributed by atoms with Crippen LogP contribution in [-0.4, -0.2) is 39.7 Å². The molecule has 0 aliphatic carbocycles. The van der Waals surface area contributed by atoms with E-state index < -0.39 is 27.6 Å². The number of ether oxygens (including phenoxy) is 1. The Labute approximate surface area is 156 Å². The third kappa shape index (κ3) is 3.60. The molecule has 1 spiro atoms. The molecule has 1 N–H and O–H groups in total. The minimum Gasteiger partial charge on any atom is -0.593 e. The summed E-state index contributed by atoms with van der Waals surface area (Å²) in [5, 5.41) is 0. The molecule has 2 atom stereocenters. The molecule has 2 aliphatic heterocycles. The van der Waals surface area contributed by atoms with Crippen LogP contribution in [0.15, 0.2) is 41.4 Å². The summed E-state index contributed by atoms with van der Waals surface area (Å²) in [4.78, 5) is 5.96. The van der Waals surface area contributed by atoms with Gasteiger partial charge in [-0.3, -0.25) is 4.90 Å². The number of halogens is 2. The highest BCUT2D eigenvalue weighted by Crippen LogP contribution is 2.35. The largest absolute Gasteiger partial charge is 0.593 e. The van der Waals surface area contributed by atoms with Crippen LogP contribution in [0.3, 0.4) is 0 Å². The Hall–Kier alpha value is -1.94. The van der Waals surface area contributed by atoms with Gasteiger partial charge in [0.25, 0.3) is 5.88 Å². The zero-order chi connectivity index (χ0) is 19.1. The molecule has 1 aromatic heterocycles. The Morgan fingerprint density at radius 1 is 1.30 bits per heavy atom. The quantitative estimate of drug-likeness (QED) is 0.790. The van der Waals surface area contributed by atoms with E-state index in [-0.39, 0.29) is 29.4 Å². The summed E-state index contributed by atoms with van der Waals surface area (Å²) in [5.41, 5.74) is -0.839. The second-order valence-electron chi connectivity index (χ2n) is 6.93. The average molecular weight is 395 g/mol. The Morgan fingerprint density at radius 2 is 2.07 bits per heavy atom. The van der Waals surface area contributed by atoms with Gasteiger partial charge >= 0.3 is 0 Å². The van der Waals surface area contributed by atoms with Crippen LogP contribution in [0.4, 0.5) is 8.78 Å². The van der Waals surface area contributed by atoms with Crippen LogP contribution < -0.4 is 9.46 Å². The Kier molecular flexibility index (Phi) is 4.71. The molecule has 9 heteroatoms. The topological polar surface area (TPSA) is 77.5 Å². The Morgan fingerprint density at radius 3 is 2.85 bits per heavy atom. The first-order valence-corrected chi connectivity index (χ1v) is 10.2. The van der Waals surface area contributed by atoms with Gasteiger partial charge in [0.1, 0.15) is 17.2 Å². The minimum absolute atomic E-state index is 0.000790. The van der Waals surface area contributed by atoms with Crippen molar-refractivity contribution in [3.8, 4) is 5.88 Å². The summed E-state index contributed by atoms with van der Waals surface area (Å²) < 4.78 is 61.5. The molecule has 0 saturated carbocycles. The monoisotopic (exact) mass is 395 g/mol. The van der Waals surface area contributed by atoms with E-state index in [1.165, 1.54) is 36.5 Å². The van der Waals surface area contributed by atoms with Gasteiger partial charge in [-0.05, 0) is 37.6 Å². The van der Waals surface area contributed by atoms with Crippen molar-refractivity contribution >= 4 is 10.4 Å². The SMILES string of the molecule is O=[S+]1([O-])NCC2(CCCN(Cc3c(F)cccc3F)C2)Oc2ncccc21. The number of nitrogens with zero attached hydrogens (tertiary/aromatic N) is 2. The van der Waals surface area contributed by atoms with Crippen molar-refractivity contribution in [2.45, 2.75) is 29.9 Å². The van der Waals surface area contributed by atoms with Gasteiger partial charge in [-0.25, -0.2) is 13.8 Å². The average Bonchev–Trinajstić information content (AvgIpc) is 2.74. The Balaban J connectivity index is 1.60. The summed E-state index contributed by atoms with van der Waals surface area (Å²) in [7, 11) is -3.72. The molecule has 2 unspecified atom stereocenters. The van der Waals surface area contributed by atoms with Gasteiger partial charge in [-0.15, -0.1) is 4.72 Å². The van der Waals surface area contributed by atoms with Crippen molar-refractivity contribution in [3.05, 3.63) is 53.7 Å². The fourth-order valence-corrected chi connectivity index (χ4v) is 4.85. The minimum atomic E-state index is -3.72. The molecule has 2 aromatic rings. The van der Waals surface area contributed by atoms with Gasteiger partial charge in [0.05, 0.1) is 6.54 Å². The van der Waals surface area contributed by atoms with E-state index in [9.17, 15) is 17.5 Å². The standard InChI is InChI=1S/C18H19F2N3O3S/c19-14-4-1-5-15(20)13(14)10-23-9-3-7-18(12-23)11-22-27(24,25)16-6-2-8-21-17(16)26-18/h1-2,4-6,8H,3,7,9-12H2,(H-,22,24,25). The second kappa shape index (κ2) is 6.90. The third-order valence-electron chi connectivity index (χ3n) is 4.99. The zero-order valence-corrected chi connectivity index (χ0v) is 15.3. The number of rotatable bonds is 2.